The topological polar surface area (TPSA) is 0 Å². The van der Waals surface area contributed by atoms with Crippen molar-refractivity contribution in [1.82, 2.24) is 0 Å². The van der Waals surface area contributed by atoms with E-state index in [0.29, 0.717) is 0 Å². The van der Waals surface area contributed by atoms with Crippen LogP contribution in [0.5, 0.6) is 0 Å². The Morgan fingerprint density at radius 1 is 0.260 bits per heavy atom. The lowest BCUT2D eigenvalue weighted by Gasteiger charge is -2.19. The van der Waals surface area contributed by atoms with Gasteiger partial charge in [0.25, 0.3) is 0 Å². The molecule has 0 saturated carbocycles. The summed E-state index contributed by atoms with van der Waals surface area (Å²) in [5.41, 5.74) is 9.34. The van der Waals surface area contributed by atoms with Gasteiger partial charge in [0.1, 0.15) is 0 Å². The van der Waals surface area contributed by atoms with E-state index >= 15 is 0 Å². The van der Waals surface area contributed by atoms with Gasteiger partial charge in [-0.2, -0.15) is 0 Å². The van der Waals surface area contributed by atoms with E-state index < -0.39 is 0 Å². The van der Waals surface area contributed by atoms with Crippen LogP contribution in [0.1, 0.15) is 158 Å². The second-order valence-corrected chi connectivity index (χ2v) is 20.2. The SMILES string of the molecule is CC(C)(C)C=Cc1ccc(C(C)(C)C)cc1.CC(C)(C)C=Cc1ccc(C(C)(C)C)cc1.CC(C)(C)C=Cc1ccc(C=CC(C)(C)C)cc1. The van der Waals surface area contributed by atoms with Gasteiger partial charge in [0.05, 0.1) is 0 Å². The zero-order chi connectivity index (χ0) is 38.6. The highest BCUT2D eigenvalue weighted by Gasteiger charge is 2.13. The molecule has 0 aliphatic rings. The Morgan fingerprint density at radius 3 is 0.560 bits per heavy atom. The molecule has 0 aromatic heterocycles. The van der Waals surface area contributed by atoms with E-state index in [4.69, 9.17) is 0 Å². The van der Waals surface area contributed by atoms with Gasteiger partial charge >= 0.3 is 0 Å². The summed E-state index contributed by atoms with van der Waals surface area (Å²) in [7, 11) is 0. The molecule has 0 bridgehead atoms. The van der Waals surface area contributed by atoms with E-state index in [-0.39, 0.29) is 32.5 Å². The third-order valence-corrected chi connectivity index (χ3v) is 7.59. The van der Waals surface area contributed by atoms with Crippen LogP contribution in [-0.4, -0.2) is 0 Å². The molecule has 0 heteroatoms. The predicted octanol–water partition coefficient (Wildman–Crippen LogP) is 15.9. The molecule has 0 spiro atoms. The fraction of sp³-hybridized carbons (Fsp3) is 0.480. The first-order chi connectivity index (χ1) is 22.5. The van der Waals surface area contributed by atoms with Gasteiger partial charge in [-0.15, -0.1) is 0 Å². The fourth-order valence-corrected chi connectivity index (χ4v) is 4.29. The Balaban J connectivity index is 0.000000376. The monoisotopic (exact) mass is 675 g/mol. The summed E-state index contributed by atoms with van der Waals surface area (Å²) in [6.07, 6.45) is 17.8. The molecule has 3 aromatic rings. The van der Waals surface area contributed by atoms with Crippen LogP contribution >= 0.6 is 0 Å². The molecular formula is C50H74. The van der Waals surface area contributed by atoms with Crippen molar-refractivity contribution < 1.29 is 0 Å². The van der Waals surface area contributed by atoms with Crippen molar-refractivity contribution in [3.63, 3.8) is 0 Å². The Morgan fingerprint density at radius 2 is 0.420 bits per heavy atom. The molecule has 0 fully saturated rings. The van der Waals surface area contributed by atoms with Crippen molar-refractivity contribution in [2.45, 2.75) is 135 Å². The maximum Gasteiger partial charge on any atom is -0.0132 e. The van der Waals surface area contributed by atoms with E-state index in [9.17, 15) is 0 Å². The molecule has 0 radical (unpaired) electrons. The molecule has 50 heavy (non-hydrogen) atoms. The highest BCUT2D eigenvalue weighted by atomic mass is 14.2. The standard InChI is InChI=1S/C18H26.2C16H24/c1-17(2,3)13-11-15-7-9-16(10-8-15)12-14-18(4,5)6;2*1-15(2,3)12-11-13-7-9-14(10-8-13)16(4,5)6/h7-14H,1-6H3;2*7-12H,1-6H3. The lowest BCUT2D eigenvalue weighted by molar-refractivity contribution is 0.546. The van der Waals surface area contributed by atoms with Crippen molar-refractivity contribution >= 4 is 24.3 Å². The van der Waals surface area contributed by atoms with Crippen LogP contribution in [0.4, 0.5) is 0 Å². The van der Waals surface area contributed by atoms with Crippen LogP contribution in [0, 0.1) is 21.7 Å². The molecule has 0 aliphatic heterocycles. The van der Waals surface area contributed by atoms with E-state index in [0.717, 1.165) is 0 Å². The molecule has 0 saturated heterocycles. The molecule has 0 heterocycles. The Kier molecular flexibility index (Phi) is 16.3. The molecule has 3 rings (SSSR count). The zero-order valence-corrected chi connectivity index (χ0v) is 35.5. The van der Waals surface area contributed by atoms with E-state index in [1.807, 2.05) is 0 Å². The summed E-state index contributed by atoms with van der Waals surface area (Å²) in [4.78, 5) is 0. The van der Waals surface area contributed by atoms with Crippen molar-refractivity contribution in [1.29, 1.82) is 0 Å². The van der Waals surface area contributed by atoms with Gasteiger partial charge in [-0.25, -0.2) is 0 Å². The number of hydrogen-bond acceptors (Lipinski definition) is 0. The Labute approximate surface area is 310 Å². The van der Waals surface area contributed by atoms with Crippen LogP contribution < -0.4 is 0 Å². The second kappa shape index (κ2) is 18.2. The highest BCUT2D eigenvalue weighted by molar-refractivity contribution is 5.56. The predicted molar refractivity (Wildman–Crippen MR) is 231 cm³/mol. The fourth-order valence-electron chi connectivity index (χ4n) is 4.29. The van der Waals surface area contributed by atoms with Crippen molar-refractivity contribution in [2.75, 3.05) is 0 Å². The maximum atomic E-state index is 2.25. The van der Waals surface area contributed by atoms with Gasteiger partial charge in [0.2, 0.25) is 0 Å². The highest BCUT2D eigenvalue weighted by Crippen LogP contribution is 2.25. The summed E-state index contributed by atoms with van der Waals surface area (Å²) in [5, 5.41) is 0. The van der Waals surface area contributed by atoms with Crippen molar-refractivity contribution in [3.05, 3.63) is 130 Å². The van der Waals surface area contributed by atoms with Gasteiger partial charge in [-0.3, -0.25) is 0 Å². The van der Waals surface area contributed by atoms with Crippen LogP contribution in [0.2, 0.25) is 0 Å². The molecule has 0 atom stereocenters. The molecule has 0 unspecified atom stereocenters. The molecule has 274 valence electrons. The first kappa shape index (κ1) is 44.6. The molecule has 0 amide bonds. The Hall–Kier alpha value is -3.38. The first-order valence-corrected chi connectivity index (χ1v) is 18.6. The Bertz CT molecular complexity index is 1380. The maximum absolute atomic E-state index is 2.25. The third-order valence-electron chi connectivity index (χ3n) is 7.59. The molecular weight excluding hydrogens is 601 g/mol. The van der Waals surface area contributed by atoms with Crippen molar-refractivity contribution in [2.24, 2.45) is 21.7 Å². The van der Waals surface area contributed by atoms with Gasteiger partial charge in [0.15, 0.2) is 0 Å². The van der Waals surface area contributed by atoms with Gasteiger partial charge < -0.3 is 0 Å². The van der Waals surface area contributed by atoms with Gasteiger partial charge in [0, 0.05) is 0 Å². The lowest BCUT2D eigenvalue weighted by atomic mass is 9.86. The third kappa shape index (κ3) is 21.7. The largest absolute Gasteiger partial charge is 0.0785 e. The molecule has 0 aliphatic carbocycles. The molecule has 0 N–H and O–H groups in total. The van der Waals surface area contributed by atoms with E-state index in [1.54, 1.807) is 0 Å². The number of allylic oxidation sites excluding steroid dienone is 4. The minimum atomic E-state index is 0.241. The first-order valence-electron chi connectivity index (χ1n) is 18.6. The van der Waals surface area contributed by atoms with E-state index in [2.05, 4.69) is 246 Å². The number of hydrogen-bond donors (Lipinski definition) is 0. The number of rotatable bonds is 4. The summed E-state index contributed by atoms with van der Waals surface area (Å²) in [6.45, 7) is 40.0. The average molecular weight is 675 g/mol. The minimum absolute atomic E-state index is 0.241. The summed E-state index contributed by atoms with van der Waals surface area (Å²) in [6, 6.07) is 26.4. The smallest absolute Gasteiger partial charge is 0.0132 e. The summed E-state index contributed by atoms with van der Waals surface area (Å²) >= 11 is 0. The van der Waals surface area contributed by atoms with Crippen molar-refractivity contribution in [3.8, 4) is 0 Å². The van der Waals surface area contributed by atoms with Crippen LogP contribution in [0.3, 0.4) is 0 Å². The summed E-state index contributed by atoms with van der Waals surface area (Å²) in [5.74, 6) is 0. The average Bonchev–Trinajstić information content (AvgIpc) is 2.96. The van der Waals surface area contributed by atoms with Gasteiger partial charge in [-0.05, 0) is 65.9 Å². The van der Waals surface area contributed by atoms with Crippen LogP contribution in [0.25, 0.3) is 24.3 Å². The quantitative estimate of drug-likeness (QED) is 0.258. The van der Waals surface area contributed by atoms with Crippen LogP contribution in [-0.2, 0) is 10.8 Å². The zero-order valence-electron chi connectivity index (χ0n) is 35.5. The van der Waals surface area contributed by atoms with Crippen LogP contribution in [0.15, 0.2) is 97.1 Å². The minimum Gasteiger partial charge on any atom is -0.0785 e. The van der Waals surface area contributed by atoms with E-state index in [1.165, 1.54) is 33.4 Å². The number of benzene rings is 3. The lowest BCUT2D eigenvalue weighted by Crippen LogP contribution is -2.10. The molecule has 3 aromatic carbocycles. The van der Waals surface area contributed by atoms with Gasteiger partial charge in [-0.1, -0.05) is 246 Å². The summed E-state index contributed by atoms with van der Waals surface area (Å²) < 4.78 is 0. The second-order valence-electron chi connectivity index (χ2n) is 20.2. The normalized spacial score (nSPS) is 13.5. The molecule has 0 nitrogen and oxygen atoms in total.